The van der Waals surface area contributed by atoms with Gasteiger partial charge in [0.1, 0.15) is 6.29 Å². The standard InChI is InChI=1S/C23H36O3/c1-13(11-24)17-6-7-18-16-5-4-15-10-14(12-25)20-21(26-20)23(15,3)19(16)8-9-22(17,18)2/h12-21,24H,4-11H2,1-3H3/t13?,14?,15-,16-,17+,18-,19-,20-,21?,22+,23-/m0/s1. The van der Waals surface area contributed by atoms with Crippen LogP contribution in [0.4, 0.5) is 0 Å². The highest BCUT2D eigenvalue weighted by molar-refractivity contribution is 5.56. The van der Waals surface area contributed by atoms with Gasteiger partial charge in [0.2, 0.25) is 0 Å². The third-order valence-corrected chi connectivity index (χ3v) is 10.3. The number of carbonyl (C=O) groups excluding carboxylic acids is 1. The molecule has 4 aliphatic carbocycles. The Bertz CT molecular complexity index is 590. The quantitative estimate of drug-likeness (QED) is 0.609. The zero-order chi connectivity index (χ0) is 18.3. The predicted molar refractivity (Wildman–Crippen MR) is 100 cm³/mol. The maximum atomic E-state index is 11.5. The molecule has 0 aromatic rings. The first kappa shape index (κ1) is 17.7. The van der Waals surface area contributed by atoms with Crippen molar-refractivity contribution in [1.29, 1.82) is 0 Å². The highest BCUT2D eigenvalue weighted by Crippen LogP contribution is 2.70. The zero-order valence-corrected chi connectivity index (χ0v) is 16.7. The summed E-state index contributed by atoms with van der Waals surface area (Å²) in [5, 5.41) is 9.77. The van der Waals surface area contributed by atoms with E-state index < -0.39 is 0 Å². The third-order valence-electron chi connectivity index (χ3n) is 10.3. The van der Waals surface area contributed by atoms with Crippen molar-refractivity contribution in [3.8, 4) is 0 Å². The number of ether oxygens (including phenoxy) is 1. The Morgan fingerprint density at radius 3 is 2.69 bits per heavy atom. The molecule has 3 heteroatoms. The fraction of sp³-hybridized carbons (Fsp3) is 0.957. The van der Waals surface area contributed by atoms with Gasteiger partial charge in [-0.15, -0.1) is 0 Å². The molecule has 146 valence electrons. The lowest BCUT2D eigenvalue weighted by Crippen LogP contribution is -2.56. The molecule has 0 bridgehead atoms. The van der Waals surface area contributed by atoms with E-state index >= 15 is 0 Å². The smallest absolute Gasteiger partial charge is 0.125 e. The lowest BCUT2D eigenvalue weighted by Gasteiger charge is -2.60. The first-order valence-electron chi connectivity index (χ1n) is 11.2. The molecule has 0 radical (unpaired) electrons. The van der Waals surface area contributed by atoms with E-state index in [-0.39, 0.29) is 12.0 Å². The SMILES string of the molecule is CC(CO)[C@H]1CC[C@H]2[C@@H]3CC[C@H]4CC(C=O)[C@@H]5OC5[C@]4(C)[C@H]3CC[C@]12C. The minimum absolute atomic E-state index is 0.157. The average Bonchev–Trinajstić information content (AvgIpc) is 3.37. The zero-order valence-electron chi connectivity index (χ0n) is 16.7. The van der Waals surface area contributed by atoms with Crippen LogP contribution in [0.15, 0.2) is 0 Å². The van der Waals surface area contributed by atoms with E-state index in [9.17, 15) is 9.90 Å². The molecule has 1 N–H and O–H groups in total. The molecule has 4 saturated carbocycles. The first-order valence-corrected chi connectivity index (χ1v) is 11.2. The van der Waals surface area contributed by atoms with E-state index in [0.717, 1.165) is 24.2 Å². The van der Waals surface area contributed by atoms with Crippen LogP contribution in [0.3, 0.4) is 0 Å². The molecule has 5 fully saturated rings. The van der Waals surface area contributed by atoms with E-state index in [0.29, 0.717) is 41.3 Å². The van der Waals surface area contributed by atoms with E-state index in [1.807, 2.05) is 0 Å². The Labute approximate surface area is 158 Å². The highest BCUT2D eigenvalue weighted by atomic mass is 16.6. The Hall–Kier alpha value is -0.410. The van der Waals surface area contributed by atoms with Gasteiger partial charge in [-0.05, 0) is 85.9 Å². The number of hydrogen-bond acceptors (Lipinski definition) is 3. The lowest BCUT2D eigenvalue weighted by molar-refractivity contribution is -0.125. The van der Waals surface area contributed by atoms with Gasteiger partial charge in [-0.2, -0.15) is 0 Å². The summed E-state index contributed by atoms with van der Waals surface area (Å²) in [4.78, 5) is 11.5. The maximum Gasteiger partial charge on any atom is 0.125 e. The predicted octanol–water partition coefficient (Wildman–Crippen LogP) is 4.08. The van der Waals surface area contributed by atoms with Crippen molar-refractivity contribution >= 4 is 6.29 Å². The lowest BCUT2D eigenvalue weighted by atomic mass is 9.44. The van der Waals surface area contributed by atoms with Gasteiger partial charge in [-0.25, -0.2) is 0 Å². The second-order valence-corrected chi connectivity index (χ2v) is 11.0. The Morgan fingerprint density at radius 2 is 1.96 bits per heavy atom. The van der Waals surface area contributed by atoms with Gasteiger partial charge in [0, 0.05) is 17.9 Å². The molecule has 5 rings (SSSR count). The first-order chi connectivity index (χ1) is 12.4. The summed E-state index contributed by atoms with van der Waals surface area (Å²) in [6.45, 7) is 7.66. The number of aliphatic hydroxyl groups is 1. The summed E-state index contributed by atoms with van der Waals surface area (Å²) < 4.78 is 6.15. The molecule has 1 saturated heterocycles. The molecule has 0 aromatic heterocycles. The van der Waals surface area contributed by atoms with E-state index in [1.165, 1.54) is 44.8 Å². The topological polar surface area (TPSA) is 49.8 Å². The number of epoxide rings is 1. The average molecular weight is 361 g/mol. The van der Waals surface area contributed by atoms with Crippen molar-refractivity contribution in [2.45, 2.75) is 77.9 Å². The second kappa shape index (κ2) is 5.80. The highest BCUT2D eigenvalue weighted by Gasteiger charge is 2.69. The van der Waals surface area contributed by atoms with Crippen LogP contribution in [0.1, 0.15) is 65.7 Å². The number of aldehydes is 1. The van der Waals surface area contributed by atoms with Crippen LogP contribution in [0.25, 0.3) is 0 Å². The third kappa shape index (κ3) is 2.11. The van der Waals surface area contributed by atoms with Crippen LogP contribution in [-0.2, 0) is 9.53 Å². The van der Waals surface area contributed by atoms with Crippen LogP contribution < -0.4 is 0 Å². The number of aliphatic hydroxyl groups excluding tert-OH is 1. The maximum absolute atomic E-state index is 11.5. The number of fused-ring (bicyclic) bond motifs is 7. The summed E-state index contributed by atoms with van der Waals surface area (Å²) in [5.74, 6) is 4.42. The molecular weight excluding hydrogens is 324 g/mol. The molecule has 0 aromatic carbocycles. The van der Waals surface area contributed by atoms with Gasteiger partial charge in [-0.3, -0.25) is 0 Å². The number of carbonyl (C=O) groups is 1. The van der Waals surface area contributed by atoms with Crippen molar-refractivity contribution in [1.82, 2.24) is 0 Å². The molecule has 3 nitrogen and oxygen atoms in total. The van der Waals surface area contributed by atoms with Crippen molar-refractivity contribution in [3.63, 3.8) is 0 Å². The Balaban J connectivity index is 1.43. The van der Waals surface area contributed by atoms with Crippen LogP contribution in [-0.4, -0.2) is 30.2 Å². The fourth-order valence-electron chi connectivity index (χ4n) is 8.93. The monoisotopic (exact) mass is 360 g/mol. The summed E-state index contributed by atoms with van der Waals surface area (Å²) >= 11 is 0. The molecule has 5 aliphatic rings. The van der Waals surface area contributed by atoms with Gasteiger partial charge < -0.3 is 14.6 Å². The van der Waals surface area contributed by atoms with Crippen molar-refractivity contribution in [3.05, 3.63) is 0 Å². The normalized spacial score (nSPS) is 58.8. The van der Waals surface area contributed by atoms with Crippen molar-refractivity contribution in [2.24, 2.45) is 52.3 Å². The van der Waals surface area contributed by atoms with E-state index in [1.54, 1.807) is 0 Å². The molecule has 1 aliphatic heterocycles. The number of hydrogen-bond donors (Lipinski definition) is 1. The van der Waals surface area contributed by atoms with Gasteiger partial charge in [-0.1, -0.05) is 20.8 Å². The second-order valence-electron chi connectivity index (χ2n) is 11.0. The van der Waals surface area contributed by atoms with Crippen LogP contribution in [0, 0.1) is 52.3 Å². The molecule has 0 amide bonds. The van der Waals surface area contributed by atoms with Crippen LogP contribution in [0.5, 0.6) is 0 Å². The van der Waals surface area contributed by atoms with Crippen molar-refractivity contribution < 1.29 is 14.6 Å². The van der Waals surface area contributed by atoms with Gasteiger partial charge in [0.25, 0.3) is 0 Å². The largest absolute Gasteiger partial charge is 0.396 e. The number of rotatable bonds is 3. The molecule has 3 unspecified atom stereocenters. The summed E-state index contributed by atoms with van der Waals surface area (Å²) in [5.41, 5.74) is 0.728. The van der Waals surface area contributed by atoms with Gasteiger partial charge >= 0.3 is 0 Å². The fourth-order valence-corrected chi connectivity index (χ4v) is 8.93. The molecule has 26 heavy (non-hydrogen) atoms. The summed E-state index contributed by atoms with van der Waals surface area (Å²) in [6.07, 6.45) is 10.8. The summed E-state index contributed by atoms with van der Waals surface area (Å²) in [6, 6.07) is 0. The molecule has 0 spiro atoms. The van der Waals surface area contributed by atoms with E-state index in [2.05, 4.69) is 20.8 Å². The van der Waals surface area contributed by atoms with Crippen LogP contribution >= 0.6 is 0 Å². The van der Waals surface area contributed by atoms with Gasteiger partial charge in [0.15, 0.2) is 0 Å². The van der Waals surface area contributed by atoms with Crippen LogP contribution in [0.2, 0.25) is 0 Å². The van der Waals surface area contributed by atoms with Crippen molar-refractivity contribution in [2.75, 3.05) is 6.61 Å². The molecule has 11 atom stereocenters. The minimum atomic E-state index is 0.157. The Kier molecular flexibility index (Phi) is 3.94. The minimum Gasteiger partial charge on any atom is -0.396 e. The van der Waals surface area contributed by atoms with Gasteiger partial charge in [0.05, 0.1) is 12.2 Å². The molecular formula is C23H36O3. The molecule has 1 heterocycles. The van der Waals surface area contributed by atoms with E-state index in [4.69, 9.17) is 4.74 Å². The Morgan fingerprint density at radius 1 is 1.15 bits per heavy atom. The summed E-state index contributed by atoms with van der Waals surface area (Å²) in [7, 11) is 0.